The molecule has 0 spiro atoms. The first-order valence-corrected chi connectivity index (χ1v) is 10.3. The minimum Gasteiger partial charge on any atom is -0.497 e. The van der Waals surface area contributed by atoms with Gasteiger partial charge in [-0.2, -0.15) is 0 Å². The maximum absolute atomic E-state index is 13.2. The van der Waals surface area contributed by atoms with Crippen molar-refractivity contribution in [3.8, 4) is 5.75 Å². The van der Waals surface area contributed by atoms with Crippen LogP contribution >= 0.6 is 0 Å². The number of carbonyl (C=O) groups is 1. The van der Waals surface area contributed by atoms with Crippen LogP contribution in [0.1, 0.15) is 5.56 Å². The molecule has 0 aromatic heterocycles. The smallest absolute Gasteiger partial charge is 0.241 e. The second kappa shape index (κ2) is 10.7. The number of piperazine rings is 1. The van der Waals surface area contributed by atoms with Crippen molar-refractivity contribution in [1.29, 1.82) is 0 Å². The molecule has 3 rings (SSSR count). The predicted octanol–water partition coefficient (Wildman–Crippen LogP) is 2.19. The Morgan fingerprint density at radius 1 is 1.06 bits per heavy atom. The maximum Gasteiger partial charge on any atom is 0.241 e. The first kappa shape index (κ1) is 22.4. The highest BCUT2D eigenvalue weighted by atomic mass is 19.1. The van der Waals surface area contributed by atoms with E-state index in [1.165, 1.54) is 12.1 Å². The van der Waals surface area contributed by atoms with Crippen molar-refractivity contribution in [1.82, 2.24) is 15.1 Å². The molecule has 31 heavy (non-hydrogen) atoms. The molecule has 2 aromatic rings. The number of ether oxygens (including phenoxy) is 1. The summed E-state index contributed by atoms with van der Waals surface area (Å²) in [4.78, 5) is 22.8. The van der Waals surface area contributed by atoms with Gasteiger partial charge in [-0.05, 0) is 42.0 Å². The average molecular weight is 428 g/mol. The highest BCUT2D eigenvalue weighted by Gasteiger charge is 2.21. The molecule has 0 unspecified atom stereocenters. The van der Waals surface area contributed by atoms with Gasteiger partial charge in [-0.1, -0.05) is 12.1 Å². The quantitative estimate of drug-likeness (QED) is 0.566. The Balaban J connectivity index is 1.66. The minimum atomic E-state index is -0.231. The SMILES string of the molecule is COc1ccc(CN=C(NCC(=O)N(C)C)N2CCN(c3ccc(F)cc3)CC2)cc1. The van der Waals surface area contributed by atoms with E-state index >= 15 is 0 Å². The van der Waals surface area contributed by atoms with Crippen LogP contribution in [0, 0.1) is 5.82 Å². The third-order valence-electron chi connectivity index (χ3n) is 5.24. The van der Waals surface area contributed by atoms with Crippen LogP contribution in [-0.4, -0.2) is 75.6 Å². The highest BCUT2D eigenvalue weighted by molar-refractivity contribution is 5.86. The molecule has 166 valence electrons. The monoisotopic (exact) mass is 427 g/mol. The number of benzene rings is 2. The number of methoxy groups -OCH3 is 1. The molecule has 1 heterocycles. The molecule has 1 aliphatic rings. The van der Waals surface area contributed by atoms with E-state index in [0.29, 0.717) is 12.5 Å². The van der Waals surface area contributed by atoms with Gasteiger partial charge in [0.2, 0.25) is 5.91 Å². The van der Waals surface area contributed by atoms with Gasteiger partial charge in [0.1, 0.15) is 11.6 Å². The standard InChI is InChI=1S/C23H30FN5O2/c1-27(2)22(30)17-26-23(25-16-18-4-10-21(31-3)11-5-18)29-14-12-28(13-15-29)20-8-6-19(24)7-9-20/h4-11H,12-17H2,1-3H3,(H,25,26). The predicted molar refractivity (Wildman–Crippen MR) is 121 cm³/mol. The molecule has 2 aromatic carbocycles. The van der Waals surface area contributed by atoms with E-state index in [2.05, 4.69) is 15.1 Å². The van der Waals surface area contributed by atoms with Crippen molar-refractivity contribution in [2.45, 2.75) is 6.54 Å². The Morgan fingerprint density at radius 3 is 2.29 bits per heavy atom. The van der Waals surface area contributed by atoms with Crippen LogP contribution in [0.4, 0.5) is 10.1 Å². The molecule has 8 heteroatoms. The van der Waals surface area contributed by atoms with Crippen molar-refractivity contribution >= 4 is 17.6 Å². The number of nitrogens with zero attached hydrogens (tertiary/aromatic N) is 4. The summed E-state index contributed by atoms with van der Waals surface area (Å²) in [5.41, 5.74) is 2.07. The lowest BCUT2D eigenvalue weighted by Crippen LogP contribution is -2.53. The molecule has 0 bridgehead atoms. The summed E-state index contributed by atoms with van der Waals surface area (Å²) in [7, 11) is 5.11. The lowest BCUT2D eigenvalue weighted by molar-refractivity contribution is -0.127. The molecule has 7 nitrogen and oxygen atoms in total. The fraction of sp³-hybridized carbons (Fsp3) is 0.391. The summed E-state index contributed by atoms with van der Waals surface area (Å²) in [5, 5.41) is 3.22. The maximum atomic E-state index is 13.2. The number of guanidine groups is 1. The summed E-state index contributed by atoms with van der Waals surface area (Å²) in [6, 6.07) is 14.4. The third-order valence-corrected chi connectivity index (χ3v) is 5.24. The van der Waals surface area contributed by atoms with Gasteiger partial charge in [0.15, 0.2) is 5.96 Å². The lowest BCUT2D eigenvalue weighted by Gasteiger charge is -2.37. The number of hydrogen-bond acceptors (Lipinski definition) is 4. The highest BCUT2D eigenvalue weighted by Crippen LogP contribution is 2.17. The Hall–Kier alpha value is -3.29. The van der Waals surface area contributed by atoms with Gasteiger partial charge >= 0.3 is 0 Å². The zero-order valence-corrected chi connectivity index (χ0v) is 18.3. The van der Waals surface area contributed by atoms with Crippen LogP contribution in [0.5, 0.6) is 5.75 Å². The number of amides is 1. The molecule has 0 atom stereocenters. The summed E-state index contributed by atoms with van der Waals surface area (Å²) < 4.78 is 18.4. The van der Waals surface area contributed by atoms with Gasteiger partial charge in [0, 0.05) is 46.0 Å². The van der Waals surface area contributed by atoms with Crippen molar-refractivity contribution < 1.29 is 13.9 Å². The summed E-state index contributed by atoms with van der Waals surface area (Å²) in [5.74, 6) is 1.27. The first-order chi connectivity index (χ1) is 15.0. The van der Waals surface area contributed by atoms with E-state index in [1.54, 1.807) is 38.2 Å². The van der Waals surface area contributed by atoms with E-state index in [4.69, 9.17) is 9.73 Å². The van der Waals surface area contributed by atoms with Crippen molar-refractivity contribution in [3.05, 3.63) is 59.9 Å². The average Bonchev–Trinajstić information content (AvgIpc) is 2.80. The molecule has 1 fully saturated rings. The van der Waals surface area contributed by atoms with Gasteiger partial charge in [-0.3, -0.25) is 4.79 Å². The fourth-order valence-corrected chi connectivity index (χ4v) is 3.31. The van der Waals surface area contributed by atoms with Gasteiger partial charge in [0.05, 0.1) is 20.2 Å². The Bertz CT molecular complexity index is 876. The van der Waals surface area contributed by atoms with Crippen LogP contribution in [0.25, 0.3) is 0 Å². The van der Waals surface area contributed by atoms with Crippen LogP contribution in [-0.2, 0) is 11.3 Å². The van der Waals surface area contributed by atoms with Gasteiger partial charge in [0.25, 0.3) is 0 Å². The van der Waals surface area contributed by atoms with Gasteiger partial charge in [-0.25, -0.2) is 9.38 Å². The summed E-state index contributed by atoms with van der Waals surface area (Å²) in [6.45, 7) is 3.77. The Labute approximate surface area is 183 Å². The van der Waals surface area contributed by atoms with Crippen LogP contribution in [0.2, 0.25) is 0 Å². The largest absolute Gasteiger partial charge is 0.497 e. The second-order valence-electron chi connectivity index (χ2n) is 7.58. The zero-order chi connectivity index (χ0) is 22.2. The third kappa shape index (κ3) is 6.34. The molecule has 1 aliphatic heterocycles. The van der Waals surface area contributed by atoms with E-state index < -0.39 is 0 Å². The number of rotatable bonds is 6. The van der Waals surface area contributed by atoms with E-state index in [9.17, 15) is 9.18 Å². The number of anilines is 1. The number of aliphatic imine (C=N–C) groups is 1. The number of nitrogens with one attached hydrogen (secondary N) is 1. The topological polar surface area (TPSA) is 60.4 Å². The second-order valence-corrected chi connectivity index (χ2v) is 7.58. The van der Waals surface area contributed by atoms with Crippen molar-refractivity contribution in [3.63, 3.8) is 0 Å². The Kier molecular flexibility index (Phi) is 7.70. The number of likely N-dealkylation sites (N-methyl/N-ethyl adjacent to an activating group) is 1. The van der Waals surface area contributed by atoms with Crippen LogP contribution in [0.15, 0.2) is 53.5 Å². The molecular weight excluding hydrogens is 397 g/mol. The number of hydrogen-bond donors (Lipinski definition) is 1. The molecular formula is C23H30FN5O2. The Morgan fingerprint density at radius 2 is 1.71 bits per heavy atom. The first-order valence-electron chi connectivity index (χ1n) is 10.3. The van der Waals surface area contributed by atoms with Crippen molar-refractivity contribution in [2.24, 2.45) is 4.99 Å². The van der Waals surface area contributed by atoms with Crippen LogP contribution < -0.4 is 15.0 Å². The summed E-state index contributed by atoms with van der Waals surface area (Å²) in [6.07, 6.45) is 0. The van der Waals surface area contributed by atoms with Gasteiger partial charge < -0.3 is 24.8 Å². The normalized spacial score (nSPS) is 14.4. The van der Waals surface area contributed by atoms with Gasteiger partial charge in [-0.15, -0.1) is 0 Å². The van der Waals surface area contributed by atoms with E-state index in [1.807, 2.05) is 24.3 Å². The van der Waals surface area contributed by atoms with E-state index in [-0.39, 0.29) is 18.3 Å². The minimum absolute atomic E-state index is 0.0119. The van der Waals surface area contributed by atoms with Crippen molar-refractivity contribution in [2.75, 3.05) is 58.8 Å². The fourth-order valence-electron chi connectivity index (χ4n) is 3.31. The molecule has 1 N–H and O–H groups in total. The molecule has 1 amide bonds. The molecule has 0 aliphatic carbocycles. The zero-order valence-electron chi connectivity index (χ0n) is 18.3. The number of carbonyl (C=O) groups excluding carboxylic acids is 1. The lowest BCUT2D eigenvalue weighted by atomic mass is 10.2. The summed E-state index contributed by atoms with van der Waals surface area (Å²) >= 11 is 0. The van der Waals surface area contributed by atoms with E-state index in [0.717, 1.165) is 43.2 Å². The van der Waals surface area contributed by atoms with Crippen LogP contribution in [0.3, 0.4) is 0 Å². The molecule has 1 saturated heterocycles. The molecule has 0 saturated carbocycles. The number of halogens is 1. The molecule has 0 radical (unpaired) electrons.